The molecular formula is C22H25F6N5O7. The molecule has 3 heterocycles. The number of alkyl halides is 6. The lowest BCUT2D eigenvalue weighted by Gasteiger charge is -2.38. The van der Waals surface area contributed by atoms with Crippen LogP contribution < -0.4 is 14.8 Å². The summed E-state index contributed by atoms with van der Waals surface area (Å²) < 4.78 is 96.3. The lowest BCUT2D eigenvalue weighted by Crippen LogP contribution is -2.52. The van der Waals surface area contributed by atoms with E-state index in [-0.39, 0.29) is 24.4 Å². The lowest BCUT2D eigenvalue weighted by molar-refractivity contribution is -0.325. The molecule has 222 valence electrons. The molecule has 2 amide bonds. The molecule has 40 heavy (non-hydrogen) atoms. The second-order valence-electron chi connectivity index (χ2n) is 9.38. The predicted octanol–water partition coefficient (Wildman–Crippen LogP) is 4.15. The first-order valence-corrected chi connectivity index (χ1v) is 11.7. The molecular weight excluding hydrogens is 560 g/mol. The molecule has 3 rings (SSSR count). The van der Waals surface area contributed by atoms with Gasteiger partial charge in [-0.25, -0.2) is 9.78 Å². The van der Waals surface area contributed by atoms with E-state index in [0.717, 1.165) is 18.3 Å². The Bertz CT molecular complexity index is 1150. The van der Waals surface area contributed by atoms with Crippen LogP contribution in [0, 0.1) is 0 Å². The van der Waals surface area contributed by atoms with Gasteiger partial charge in [0.25, 0.3) is 5.91 Å². The van der Waals surface area contributed by atoms with E-state index in [1.54, 1.807) is 20.8 Å². The van der Waals surface area contributed by atoms with Gasteiger partial charge in [0.2, 0.25) is 11.8 Å². The van der Waals surface area contributed by atoms with Gasteiger partial charge >= 0.3 is 24.9 Å². The van der Waals surface area contributed by atoms with Gasteiger partial charge in [0.15, 0.2) is 0 Å². The number of hydrogen-bond acceptors (Lipinski definition) is 10. The quantitative estimate of drug-likeness (QED) is 0.355. The Labute approximate surface area is 222 Å². The number of nitrogens with zero attached hydrogens (tertiary/aromatic N) is 4. The van der Waals surface area contributed by atoms with Crippen molar-refractivity contribution < 1.29 is 59.3 Å². The highest BCUT2D eigenvalue weighted by Gasteiger charge is 2.39. The summed E-state index contributed by atoms with van der Waals surface area (Å²) in [5.74, 6) is -1.48. The number of piperidine rings is 1. The van der Waals surface area contributed by atoms with Crippen molar-refractivity contribution in [3.05, 3.63) is 29.8 Å². The number of pyridine rings is 1. The maximum Gasteiger partial charge on any atom is 0.574 e. The first kappa shape index (κ1) is 30.7. The van der Waals surface area contributed by atoms with Gasteiger partial charge in [-0.3, -0.25) is 14.4 Å². The van der Waals surface area contributed by atoms with Crippen molar-refractivity contribution in [2.24, 2.45) is 0 Å². The van der Waals surface area contributed by atoms with Crippen molar-refractivity contribution in [2.75, 3.05) is 19.8 Å². The molecule has 0 spiro atoms. The normalized spacial score (nSPS) is 18.3. The molecule has 1 aliphatic heterocycles. The van der Waals surface area contributed by atoms with Crippen LogP contribution in [0.4, 0.5) is 31.1 Å². The number of amides is 2. The predicted molar refractivity (Wildman–Crippen MR) is 119 cm³/mol. The molecule has 2 atom stereocenters. The molecule has 0 bridgehead atoms. The van der Waals surface area contributed by atoms with Crippen molar-refractivity contribution in [2.45, 2.75) is 64.0 Å². The van der Waals surface area contributed by atoms with Gasteiger partial charge in [-0.15, -0.1) is 31.4 Å². The number of likely N-dealkylation sites (tertiary alicyclic amines) is 1. The van der Waals surface area contributed by atoms with E-state index >= 15 is 0 Å². The third-order valence-corrected chi connectivity index (χ3v) is 5.05. The van der Waals surface area contributed by atoms with Crippen molar-refractivity contribution >= 4 is 12.0 Å². The Kier molecular flexibility index (Phi) is 9.32. The minimum atomic E-state index is -4.94. The van der Waals surface area contributed by atoms with Crippen LogP contribution in [-0.4, -0.2) is 76.2 Å². The fraction of sp³-hybridized carbons (Fsp3) is 0.591. The molecule has 1 N–H and O–H groups in total. The summed E-state index contributed by atoms with van der Waals surface area (Å²) in [5, 5.41) is 10.1. The third kappa shape index (κ3) is 9.73. The summed E-state index contributed by atoms with van der Waals surface area (Å²) in [7, 11) is 0. The molecule has 1 aliphatic rings. The average molecular weight is 585 g/mol. The highest BCUT2D eigenvalue weighted by atomic mass is 19.4. The fourth-order valence-corrected chi connectivity index (χ4v) is 3.53. The molecule has 18 heteroatoms. The van der Waals surface area contributed by atoms with E-state index in [4.69, 9.17) is 13.9 Å². The highest BCUT2D eigenvalue weighted by molar-refractivity contribution is 5.94. The van der Waals surface area contributed by atoms with E-state index < -0.39 is 67.6 Å². The van der Waals surface area contributed by atoms with E-state index in [0.29, 0.717) is 6.42 Å². The zero-order chi connectivity index (χ0) is 29.7. The summed E-state index contributed by atoms with van der Waals surface area (Å²) in [6.07, 6.45) is -9.57. The Morgan fingerprint density at radius 3 is 2.38 bits per heavy atom. The Balaban J connectivity index is 1.67. The molecule has 0 aliphatic carbocycles. The first-order chi connectivity index (χ1) is 18.5. The van der Waals surface area contributed by atoms with Crippen molar-refractivity contribution in [1.29, 1.82) is 0 Å². The largest absolute Gasteiger partial charge is 0.574 e. The number of rotatable bonds is 8. The van der Waals surface area contributed by atoms with Crippen LogP contribution in [0.1, 0.15) is 55.9 Å². The van der Waals surface area contributed by atoms with Crippen LogP contribution >= 0.6 is 0 Å². The maximum absolute atomic E-state index is 13.0. The molecule has 0 saturated carbocycles. The van der Waals surface area contributed by atoms with Gasteiger partial charge in [-0.05, 0) is 39.7 Å². The topological polar surface area (TPSA) is 138 Å². The van der Waals surface area contributed by atoms with Crippen molar-refractivity contribution in [3.8, 4) is 12.0 Å². The molecule has 2 aromatic rings. The number of carbonyl (C=O) groups is 2. The molecule has 12 nitrogen and oxygen atoms in total. The highest BCUT2D eigenvalue weighted by Crippen LogP contribution is 2.33. The number of hydrogen-bond donors (Lipinski definition) is 1. The molecule has 1 saturated heterocycles. The number of aromatic nitrogens is 3. The van der Waals surface area contributed by atoms with Crippen LogP contribution in [0.5, 0.6) is 12.0 Å². The van der Waals surface area contributed by atoms with Crippen LogP contribution in [0.25, 0.3) is 0 Å². The van der Waals surface area contributed by atoms with Crippen LogP contribution in [0.15, 0.2) is 22.7 Å². The van der Waals surface area contributed by atoms with E-state index in [9.17, 15) is 35.9 Å². The second-order valence-corrected chi connectivity index (χ2v) is 9.38. The smallest absolute Gasteiger partial charge is 0.447 e. The standard InChI is InChI=1S/C22H25F6N5O7/c1-20(2,3)40-19(35)33-11-13(30-16(34)12-4-7-15(29-10-12)39-22(26,27)28)5-6-14(33)17-31-32-18(38-17)36-8-9-37-21(23,24)25/h4,7,10,13-14H,5-6,8-9,11H2,1-3H3,(H,30,34)/t13-,14+/m0/s1. The van der Waals surface area contributed by atoms with Crippen molar-refractivity contribution in [3.63, 3.8) is 0 Å². The second kappa shape index (κ2) is 12.1. The molecule has 0 unspecified atom stereocenters. The van der Waals surface area contributed by atoms with E-state index in [1.807, 2.05) is 0 Å². The average Bonchev–Trinajstić information content (AvgIpc) is 3.28. The van der Waals surface area contributed by atoms with Gasteiger partial charge in [-0.2, -0.15) is 0 Å². The van der Waals surface area contributed by atoms with Gasteiger partial charge in [0.1, 0.15) is 18.2 Å². The molecule has 0 aromatic carbocycles. The summed E-state index contributed by atoms with van der Waals surface area (Å²) in [4.78, 5) is 30.4. The van der Waals surface area contributed by atoms with Crippen LogP contribution in [-0.2, 0) is 9.47 Å². The van der Waals surface area contributed by atoms with Gasteiger partial charge in [-0.1, -0.05) is 5.10 Å². The summed E-state index contributed by atoms with van der Waals surface area (Å²) in [6.45, 7) is 3.50. The SMILES string of the molecule is CC(C)(C)OC(=O)N1C[C@@H](NC(=O)c2ccc(OC(F)(F)F)nc2)CC[C@@H]1c1nnc(OCCOC(F)(F)F)o1. The van der Waals surface area contributed by atoms with Gasteiger partial charge in [0, 0.05) is 24.8 Å². The zero-order valence-electron chi connectivity index (χ0n) is 21.3. The summed E-state index contributed by atoms with van der Waals surface area (Å²) in [5.41, 5.74) is -0.931. The van der Waals surface area contributed by atoms with Gasteiger partial charge < -0.3 is 23.9 Å². The molecule has 2 aromatic heterocycles. The summed E-state index contributed by atoms with van der Waals surface area (Å²) >= 11 is 0. The monoisotopic (exact) mass is 585 g/mol. The summed E-state index contributed by atoms with van der Waals surface area (Å²) in [6, 6.07) is 0.553. The molecule has 1 fully saturated rings. The third-order valence-electron chi connectivity index (χ3n) is 5.05. The van der Waals surface area contributed by atoms with E-state index in [1.165, 1.54) is 4.90 Å². The number of halogens is 6. The zero-order valence-corrected chi connectivity index (χ0v) is 21.3. The van der Waals surface area contributed by atoms with Crippen LogP contribution in [0.2, 0.25) is 0 Å². The Hall–Kier alpha value is -3.83. The minimum Gasteiger partial charge on any atom is -0.447 e. The van der Waals surface area contributed by atoms with E-state index in [2.05, 4.69) is 30.0 Å². The maximum atomic E-state index is 13.0. The first-order valence-electron chi connectivity index (χ1n) is 11.7. The number of carbonyl (C=O) groups excluding carboxylic acids is 2. The Morgan fingerprint density at radius 2 is 1.77 bits per heavy atom. The fourth-order valence-electron chi connectivity index (χ4n) is 3.53. The van der Waals surface area contributed by atoms with Crippen molar-refractivity contribution in [1.82, 2.24) is 25.4 Å². The lowest BCUT2D eigenvalue weighted by atomic mass is 9.98. The Morgan fingerprint density at radius 1 is 1.05 bits per heavy atom. The van der Waals surface area contributed by atoms with Crippen LogP contribution in [0.3, 0.4) is 0 Å². The molecule has 0 radical (unpaired) electrons. The van der Waals surface area contributed by atoms with Gasteiger partial charge in [0.05, 0.1) is 12.2 Å². The number of nitrogens with one attached hydrogen (secondary N) is 1. The number of ether oxygens (including phenoxy) is 4. The minimum absolute atomic E-state index is 0.0475.